The number of rotatable bonds is 4. The monoisotopic (exact) mass is 240 g/mol. The molecule has 4 heteroatoms. The molecule has 1 N–H and O–H groups in total. The molecule has 0 heterocycles. The van der Waals surface area contributed by atoms with Crippen LogP contribution in [-0.4, -0.2) is 31.1 Å². The van der Waals surface area contributed by atoms with Gasteiger partial charge in [0.25, 0.3) is 0 Å². The van der Waals surface area contributed by atoms with Gasteiger partial charge in [0, 0.05) is 25.2 Å². The van der Waals surface area contributed by atoms with E-state index >= 15 is 0 Å². The second-order valence-electron chi connectivity index (χ2n) is 3.62. The minimum atomic E-state index is -0.0311. The number of carbonyl (C=O) groups is 1. The zero-order valence-corrected chi connectivity index (χ0v) is 10.4. The highest BCUT2D eigenvalue weighted by Crippen LogP contribution is 2.09. The van der Waals surface area contributed by atoms with Crippen LogP contribution in [0.15, 0.2) is 24.3 Å². The van der Waals surface area contributed by atoms with Gasteiger partial charge in [-0.3, -0.25) is 0 Å². The summed E-state index contributed by atoms with van der Waals surface area (Å²) >= 11 is 5.78. The molecule has 3 nitrogen and oxygen atoms in total. The molecule has 0 saturated carbocycles. The Morgan fingerprint density at radius 2 is 2.00 bits per heavy atom. The van der Waals surface area contributed by atoms with E-state index in [9.17, 15) is 4.79 Å². The van der Waals surface area contributed by atoms with Gasteiger partial charge >= 0.3 is 6.03 Å². The summed E-state index contributed by atoms with van der Waals surface area (Å²) in [5, 5.41) is 3.59. The summed E-state index contributed by atoms with van der Waals surface area (Å²) in [7, 11) is 1.78. The summed E-state index contributed by atoms with van der Waals surface area (Å²) in [5.41, 5.74) is 1.17. The predicted octanol–water partition coefficient (Wildman–Crippen LogP) is 2.54. The summed E-state index contributed by atoms with van der Waals surface area (Å²) in [4.78, 5) is 13.1. The number of hydrogen-bond acceptors (Lipinski definition) is 1. The Kier molecular flexibility index (Phi) is 5.12. The Hall–Kier alpha value is -1.22. The van der Waals surface area contributed by atoms with Crippen molar-refractivity contribution < 1.29 is 4.79 Å². The van der Waals surface area contributed by atoms with Gasteiger partial charge in [-0.05, 0) is 31.0 Å². The van der Waals surface area contributed by atoms with Gasteiger partial charge in [-0.25, -0.2) is 4.79 Å². The van der Waals surface area contributed by atoms with E-state index < -0.39 is 0 Å². The fraction of sp³-hybridized carbons (Fsp3) is 0.417. The third-order valence-corrected chi connectivity index (χ3v) is 2.68. The maximum atomic E-state index is 11.4. The summed E-state index contributed by atoms with van der Waals surface area (Å²) in [6.45, 7) is 3.30. The minimum Gasteiger partial charge on any atom is -0.338 e. The number of amides is 2. The van der Waals surface area contributed by atoms with Gasteiger partial charge in [0.2, 0.25) is 0 Å². The Morgan fingerprint density at radius 1 is 1.38 bits per heavy atom. The van der Waals surface area contributed by atoms with E-state index in [4.69, 9.17) is 11.6 Å². The van der Waals surface area contributed by atoms with Crippen LogP contribution in [0, 0.1) is 0 Å². The number of benzene rings is 1. The van der Waals surface area contributed by atoms with Crippen molar-refractivity contribution in [3.8, 4) is 0 Å². The first-order valence-corrected chi connectivity index (χ1v) is 5.74. The van der Waals surface area contributed by atoms with Crippen molar-refractivity contribution in [3.63, 3.8) is 0 Å². The van der Waals surface area contributed by atoms with Gasteiger partial charge in [-0.1, -0.05) is 23.7 Å². The van der Waals surface area contributed by atoms with Crippen molar-refractivity contribution in [1.29, 1.82) is 0 Å². The lowest BCUT2D eigenvalue weighted by Gasteiger charge is -2.15. The molecule has 0 fully saturated rings. The Balaban J connectivity index is 2.30. The zero-order chi connectivity index (χ0) is 12.0. The van der Waals surface area contributed by atoms with Crippen molar-refractivity contribution in [2.45, 2.75) is 13.3 Å². The van der Waals surface area contributed by atoms with Crippen LogP contribution in [0.1, 0.15) is 12.5 Å². The van der Waals surface area contributed by atoms with Gasteiger partial charge in [-0.15, -0.1) is 0 Å². The van der Waals surface area contributed by atoms with Crippen molar-refractivity contribution in [3.05, 3.63) is 34.9 Å². The average Bonchev–Trinajstić information content (AvgIpc) is 2.30. The average molecular weight is 241 g/mol. The topological polar surface area (TPSA) is 32.3 Å². The standard InChI is InChI=1S/C12H17ClN2O/c1-3-15(2)12(16)14-9-8-10-4-6-11(13)7-5-10/h4-7H,3,8-9H2,1-2H3,(H,14,16). The van der Waals surface area contributed by atoms with Crippen LogP contribution in [0.3, 0.4) is 0 Å². The maximum absolute atomic E-state index is 11.4. The molecule has 88 valence electrons. The first-order chi connectivity index (χ1) is 7.63. The van der Waals surface area contributed by atoms with Crippen molar-refractivity contribution in [2.75, 3.05) is 20.1 Å². The van der Waals surface area contributed by atoms with E-state index in [2.05, 4.69) is 5.32 Å². The fourth-order valence-corrected chi connectivity index (χ4v) is 1.37. The SMILES string of the molecule is CCN(C)C(=O)NCCc1ccc(Cl)cc1. The summed E-state index contributed by atoms with van der Waals surface area (Å²) < 4.78 is 0. The first kappa shape index (κ1) is 12.8. The van der Waals surface area contributed by atoms with Gasteiger partial charge < -0.3 is 10.2 Å². The fourth-order valence-electron chi connectivity index (χ4n) is 1.24. The molecule has 0 aliphatic rings. The van der Waals surface area contributed by atoms with E-state index in [-0.39, 0.29) is 6.03 Å². The molecule has 0 aliphatic heterocycles. The molecule has 0 aliphatic carbocycles. The molecule has 0 spiro atoms. The highest BCUT2D eigenvalue weighted by atomic mass is 35.5. The van der Waals surface area contributed by atoms with E-state index in [1.54, 1.807) is 11.9 Å². The number of nitrogens with zero attached hydrogens (tertiary/aromatic N) is 1. The second-order valence-corrected chi connectivity index (χ2v) is 4.06. The summed E-state index contributed by atoms with van der Waals surface area (Å²) in [6, 6.07) is 7.63. The van der Waals surface area contributed by atoms with Gasteiger partial charge in [-0.2, -0.15) is 0 Å². The number of hydrogen-bond donors (Lipinski definition) is 1. The molecule has 2 amide bonds. The number of nitrogens with one attached hydrogen (secondary N) is 1. The van der Waals surface area contributed by atoms with Crippen LogP contribution in [0.2, 0.25) is 5.02 Å². The highest BCUT2D eigenvalue weighted by Gasteiger charge is 2.04. The number of halogens is 1. The lowest BCUT2D eigenvalue weighted by atomic mass is 10.1. The number of urea groups is 1. The summed E-state index contributed by atoms with van der Waals surface area (Å²) in [6.07, 6.45) is 0.820. The predicted molar refractivity (Wildman–Crippen MR) is 66.9 cm³/mol. The largest absolute Gasteiger partial charge is 0.338 e. The molecule has 0 radical (unpaired) electrons. The van der Waals surface area contributed by atoms with Crippen molar-refractivity contribution in [1.82, 2.24) is 10.2 Å². The highest BCUT2D eigenvalue weighted by molar-refractivity contribution is 6.30. The minimum absolute atomic E-state index is 0.0311. The van der Waals surface area contributed by atoms with Crippen molar-refractivity contribution >= 4 is 17.6 Å². The Labute approximate surface area is 101 Å². The third kappa shape index (κ3) is 4.11. The smallest absolute Gasteiger partial charge is 0.317 e. The van der Waals surface area contributed by atoms with Crippen molar-refractivity contribution in [2.24, 2.45) is 0 Å². The molecule has 1 rings (SSSR count). The van der Waals surface area contributed by atoms with Crippen LogP contribution in [-0.2, 0) is 6.42 Å². The molecule has 0 saturated heterocycles. The molecular formula is C12H17ClN2O. The number of carbonyl (C=O) groups excluding carboxylic acids is 1. The van der Waals surface area contributed by atoms with Gasteiger partial charge in [0.1, 0.15) is 0 Å². The van der Waals surface area contributed by atoms with E-state index in [0.717, 1.165) is 11.4 Å². The molecule has 0 aromatic heterocycles. The van der Waals surface area contributed by atoms with E-state index in [0.29, 0.717) is 13.1 Å². The zero-order valence-electron chi connectivity index (χ0n) is 9.66. The summed E-state index contributed by atoms with van der Waals surface area (Å²) in [5.74, 6) is 0. The van der Waals surface area contributed by atoms with E-state index in [1.165, 1.54) is 5.56 Å². The molecule has 0 unspecified atom stereocenters. The maximum Gasteiger partial charge on any atom is 0.317 e. The molecule has 0 atom stereocenters. The first-order valence-electron chi connectivity index (χ1n) is 5.37. The molecule has 1 aromatic rings. The van der Waals surface area contributed by atoms with Crippen LogP contribution < -0.4 is 5.32 Å². The van der Waals surface area contributed by atoms with Crippen LogP contribution in [0.25, 0.3) is 0 Å². The molecular weight excluding hydrogens is 224 g/mol. The second kappa shape index (κ2) is 6.38. The Morgan fingerprint density at radius 3 is 2.56 bits per heavy atom. The lowest BCUT2D eigenvalue weighted by molar-refractivity contribution is 0.211. The quantitative estimate of drug-likeness (QED) is 0.862. The third-order valence-electron chi connectivity index (χ3n) is 2.42. The van der Waals surface area contributed by atoms with Crippen LogP contribution >= 0.6 is 11.6 Å². The van der Waals surface area contributed by atoms with Crippen LogP contribution in [0.5, 0.6) is 0 Å². The molecule has 0 bridgehead atoms. The van der Waals surface area contributed by atoms with E-state index in [1.807, 2.05) is 31.2 Å². The molecule has 16 heavy (non-hydrogen) atoms. The Bertz CT molecular complexity index is 337. The normalized spacial score (nSPS) is 9.94. The molecule has 1 aromatic carbocycles. The van der Waals surface area contributed by atoms with Gasteiger partial charge in [0.15, 0.2) is 0 Å². The lowest BCUT2D eigenvalue weighted by Crippen LogP contribution is -2.37. The van der Waals surface area contributed by atoms with Crippen LogP contribution in [0.4, 0.5) is 4.79 Å². The van der Waals surface area contributed by atoms with Gasteiger partial charge in [0.05, 0.1) is 0 Å².